The fourth-order valence-corrected chi connectivity index (χ4v) is 3.65. The first-order valence-corrected chi connectivity index (χ1v) is 10.5. The molecule has 32 heavy (non-hydrogen) atoms. The Morgan fingerprint density at radius 2 is 1.06 bits per heavy atom. The van der Waals surface area contributed by atoms with Crippen molar-refractivity contribution in [2.24, 2.45) is 0 Å². The van der Waals surface area contributed by atoms with E-state index in [1.165, 1.54) is 0 Å². The number of pyridine rings is 2. The summed E-state index contributed by atoms with van der Waals surface area (Å²) in [4.78, 5) is 26.8. The highest BCUT2D eigenvalue weighted by Gasteiger charge is 2.21. The van der Waals surface area contributed by atoms with Gasteiger partial charge in [-0.15, -0.1) is 0 Å². The van der Waals surface area contributed by atoms with E-state index >= 15 is 0 Å². The Morgan fingerprint density at radius 3 is 1.47 bits per heavy atom. The van der Waals surface area contributed by atoms with E-state index in [-0.39, 0.29) is 5.78 Å². The SMILES string of the molecule is CN(C)c1cccc(-c2cccnc2C(=O)c2ncccc2-c2cccc(N(C)C)c2)c1. The van der Waals surface area contributed by atoms with Gasteiger partial charge in [-0.2, -0.15) is 0 Å². The molecule has 2 aromatic carbocycles. The molecule has 0 N–H and O–H groups in total. The summed E-state index contributed by atoms with van der Waals surface area (Å²) in [5, 5.41) is 0. The molecular formula is C27H26N4O. The Kier molecular flexibility index (Phi) is 5.99. The van der Waals surface area contributed by atoms with Gasteiger partial charge in [0.25, 0.3) is 0 Å². The fourth-order valence-electron chi connectivity index (χ4n) is 3.65. The molecule has 0 radical (unpaired) electrons. The second-order valence-corrected chi connectivity index (χ2v) is 8.02. The van der Waals surface area contributed by atoms with Gasteiger partial charge in [0.05, 0.1) is 0 Å². The maximum atomic E-state index is 13.7. The van der Waals surface area contributed by atoms with Gasteiger partial charge in [-0.05, 0) is 47.5 Å². The summed E-state index contributed by atoms with van der Waals surface area (Å²) < 4.78 is 0. The number of rotatable bonds is 6. The quantitative estimate of drug-likeness (QED) is 0.401. The molecule has 0 amide bonds. The number of hydrogen-bond acceptors (Lipinski definition) is 5. The first-order valence-electron chi connectivity index (χ1n) is 10.5. The molecule has 4 rings (SSSR count). The molecule has 0 saturated carbocycles. The van der Waals surface area contributed by atoms with E-state index in [4.69, 9.17) is 0 Å². The molecule has 4 aromatic rings. The van der Waals surface area contributed by atoms with E-state index in [1.54, 1.807) is 12.4 Å². The topological polar surface area (TPSA) is 49.3 Å². The molecule has 0 aliphatic carbocycles. The van der Waals surface area contributed by atoms with Gasteiger partial charge in [0.2, 0.25) is 5.78 Å². The second-order valence-electron chi connectivity index (χ2n) is 8.02. The maximum absolute atomic E-state index is 13.7. The van der Waals surface area contributed by atoms with Crippen molar-refractivity contribution >= 4 is 17.2 Å². The van der Waals surface area contributed by atoms with Crippen LogP contribution < -0.4 is 9.80 Å². The highest BCUT2D eigenvalue weighted by atomic mass is 16.1. The van der Waals surface area contributed by atoms with Crippen molar-refractivity contribution in [1.29, 1.82) is 0 Å². The van der Waals surface area contributed by atoms with E-state index in [0.29, 0.717) is 11.4 Å². The molecule has 5 heteroatoms. The number of benzene rings is 2. The summed E-state index contributed by atoms with van der Waals surface area (Å²) in [7, 11) is 7.99. The normalized spacial score (nSPS) is 10.6. The number of ketones is 1. The van der Waals surface area contributed by atoms with E-state index in [9.17, 15) is 4.79 Å². The maximum Gasteiger partial charge on any atom is 0.230 e. The average molecular weight is 423 g/mol. The zero-order valence-electron chi connectivity index (χ0n) is 18.8. The van der Waals surface area contributed by atoms with Crippen molar-refractivity contribution < 1.29 is 4.79 Å². The van der Waals surface area contributed by atoms with Crippen LogP contribution in [-0.4, -0.2) is 43.9 Å². The third-order valence-electron chi connectivity index (χ3n) is 5.39. The van der Waals surface area contributed by atoms with Gasteiger partial charge >= 0.3 is 0 Å². The predicted octanol–water partition coefficient (Wildman–Crippen LogP) is 5.17. The van der Waals surface area contributed by atoms with Gasteiger partial charge in [0, 0.05) is 63.1 Å². The Hall–Kier alpha value is -3.99. The van der Waals surface area contributed by atoms with Crippen LogP contribution in [0.15, 0.2) is 85.2 Å². The molecule has 0 spiro atoms. The van der Waals surface area contributed by atoms with Crippen LogP contribution in [0.1, 0.15) is 16.2 Å². The molecule has 160 valence electrons. The number of carbonyl (C=O) groups excluding carboxylic acids is 1. The van der Waals surface area contributed by atoms with Gasteiger partial charge in [0.1, 0.15) is 11.4 Å². The number of carbonyl (C=O) groups is 1. The Balaban J connectivity index is 1.81. The molecule has 0 fully saturated rings. The van der Waals surface area contributed by atoms with E-state index in [1.807, 2.05) is 98.7 Å². The lowest BCUT2D eigenvalue weighted by atomic mass is 9.96. The first kappa shape index (κ1) is 21.2. The summed E-state index contributed by atoms with van der Waals surface area (Å²) in [5.41, 5.74) is 6.38. The van der Waals surface area contributed by atoms with Crippen LogP contribution in [0.2, 0.25) is 0 Å². The highest BCUT2D eigenvalue weighted by molar-refractivity contribution is 6.13. The van der Waals surface area contributed by atoms with Crippen molar-refractivity contribution in [1.82, 2.24) is 9.97 Å². The Morgan fingerprint density at radius 1 is 0.625 bits per heavy atom. The number of hydrogen-bond donors (Lipinski definition) is 0. The number of anilines is 2. The van der Waals surface area contributed by atoms with E-state index in [0.717, 1.165) is 33.6 Å². The summed E-state index contributed by atoms with van der Waals surface area (Å²) in [6.45, 7) is 0. The second kappa shape index (κ2) is 9.02. The summed E-state index contributed by atoms with van der Waals surface area (Å²) in [6, 6.07) is 23.8. The molecule has 0 atom stereocenters. The molecular weight excluding hydrogens is 396 g/mol. The van der Waals surface area contributed by atoms with Crippen LogP contribution in [0.3, 0.4) is 0 Å². The Labute approximate surface area is 189 Å². The largest absolute Gasteiger partial charge is 0.378 e. The lowest BCUT2D eigenvalue weighted by Crippen LogP contribution is -2.11. The molecule has 0 aliphatic heterocycles. The number of nitrogens with zero attached hydrogens (tertiary/aromatic N) is 4. The van der Waals surface area contributed by atoms with Gasteiger partial charge in [-0.25, -0.2) is 0 Å². The van der Waals surface area contributed by atoms with Gasteiger partial charge in [0.15, 0.2) is 0 Å². The summed E-state index contributed by atoms with van der Waals surface area (Å²) in [6.07, 6.45) is 3.31. The van der Waals surface area contributed by atoms with Crippen LogP contribution in [-0.2, 0) is 0 Å². The minimum absolute atomic E-state index is 0.193. The standard InChI is InChI=1S/C27H26N4O/c1-30(2)21-11-5-9-19(17-21)23-13-7-15-28-25(23)27(32)26-24(14-8-16-29-26)20-10-6-12-22(18-20)31(3)4/h5-18H,1-4H3. The fraction of sp³-hybridized carbons (Fsp3) is 0.148. The van der Waals surface area contributed by atoms with Crippen LogP contribution in [0, 0.1) is 0 Å². The third kappa shape index (κ3) is 4.23. The smallest absolute Gasteiger partial charge is 0.230 e. The molecule has 2 aromatic heterocycles. The zero-order chi connectivity index (χ0) is 22.7. The van der Waals surface area contributed by atoms with Gasteiger partial charge in [-0.3, -0.25) is 14.8 Å². The lowest BCUT2D eigenvalue weighted by molar-refractivity contribution is 0.103. The van der Waals surface area contributed by atoms with Crippen LogP contribution >= 0.6 is 0 Å². The van der Waals surface area contributed by atoms with Crippen molar-refractivity contribution in [3.05, 3.63) is 96.6 Å². The molecule has 0 aliphatic rings. The number of aromatic nitrogens is 2. The minimum Gasteiger partial charge on any atom is -0.378 e. The molecule has 2 heterocycles. The van der Waals surface area contributed by atoms with Gasteiger partial charge in [-0.1, -0.05) is 36.4 Å². The van der Waals surface area contributed by atoms with E-state index < -0.39 is 0 Å². The van der Waals surface area contributed by atoms with E-state index in [2.05, 4.69) is 22.1 Å². The summed E-state index contributed by atoms with van der Waals surface area (Å²) in [5.74, 6) is -0.193. The summed E-state index contributed by atoms with van der Waals surface area (Å²) >= 11 is 0. The van der Waals surface area contributed by atoms with Crippen molar-refractivity contribution in [2.45, 2.75) is 0 Å². The van der Waals surface area contributed by atoms with Gasteiger partial charge < -0.3 is 9.80 Å². The molecule has 0 unspecified atom stereocenters. The minimum atomic E-state index is -0.193. The van der Waals surface area contributed by atoms with Crippen LogP contribution in [0.4, 0.5) is 11.4 Å². The highest BCUT2D eigenvalue weighted by Crippen LogP contribution is 2.31. The zero-order valence-corrected chi connectivity index (χ0v) is 18.8. The first-order chi connectivity index (χ1) is 15.5. The monoisotopic (exact) mass is 422 g/mol. The Bertz CT molecular complexity index is 1170. The van der Waals surface area contributed by atoms with Crippen LogP contribution in [0.25, 0.3) is 22.3 Å². The van der Waals surface area contributed by atoms with Crippen molar-refractivity contribution in [3.8, 4) is 22.3 Å². The average Bonchev–Trinajstić information content (AvgIpc) is 2.83. The lowest BCUT2D eigenvalue weighted by Gasteiger charge is -2.16. The van der Waals surface area contributed by atoms with Crippen molar-refractivity contribution in [2.75, 3.05) is 38.0 Å². The predicted molar refractivity (Wildman–Crippen MR) is 131 cm³/mol. The molecule has 5 nitrogen and oxygen atoms in total. The third-order valence-corrected chi connectivity index (χ3v) is 5.39. The van der Waals surface area contributed by atoms with Crippen LogP contribution in [0.5, 0.6) is 0 Å². The molecule has 0 bridgehead atoms. The van der Waals surface area contributed by atoms with Crippen molar-refractivity contribution in [3.63, 3.8) is 0 Å². The molecule has 0 saturated heterocycles.